The van der Waals surface area contributed by atoms with E-state index in [2.05, 4.69) is 28.0 Å². The molecule has 2 heterocycles. The maximum Gasteiger partial charge on any atom is 0.122 e. The van der Waals surface area contributed by atoms with Crippen LogP contribution in [-0.4, -0.2) is 9.55 Å². The van der Waals surface area contributed by atoms with E-state index in [0.29, 0.717) is 0 Å². The van der Waals surface area contributed by atoms with Gasteiger partial charge in [-0.3, -0.25) is 0 Å². The highest BCUT2D eigenvalue weighted by atomic mass is 32.1. The van der Waals surface area contributed by atoms with Crippen LogP contribution in [0.2, 0.25) is 0 Å². The number of imidazole rings is 1. The second-order valence-electron chi connectivity index (χ2n) is 3.64. The van der Waals surface area contributed by atoms with Crippen LogP contribution in [0.4, 0.5) is 0 Å². The first-order valence-corrected chi connectivity index (χ1v) is 5.90. The molecule has 15 heavy (non-hydrogen) atoms. The fraction of sp³-hybridized carbons (Fsp3) is 0.364. The van der Waals surface area contributed by atoms with Crippen molar-refractivity contribution in [2.45, 2.75) is 20.0 Å². The summed E-state index contributed by atoms with van der Waals surface area (Å²) in [6.07, 6.45) is 3.79. The van der Waals surface area contributed by atoms with E-state index < -0.39 is 0 Å². The number of thiophene rings is 1. The minimum Gasteiger partial charge on any atom is -0.337 e. The molecule has 0 spiro atoms. The Morgan fingerprint density at radius 1 is 1.40 bits per heavy atom. The molecule has 1 N–H and O–H groups in total. The van der Waals surface area contributed by atoms with E-state index in [4.69, 9.17) is 0 Å². The highest BCUT2D eigenvalue weighted by Crippen LogP contribution is 2.13. The zero-order chi connectivity index (χ0) is 10.7. The lowest BCUT2D eigenvalue weighted by molar-refractivity contribution is 0.638. The predicted molar refractivity (Wildman–Crippen MR) is 62.8 cm³/mol. The molecule has 0 saturated carbocycles. The Labute approximate surface area is 93.8 Å². The molecule has 2 aromatic rings. The minimum absolute atomic E-state index is 0.818. The highest BCUT2D eigenvalue weighted by molar-refractivity contribution is 7.08. The molecule has 0 aromatic carbocycles. The minimum atomic E-state index is 0.818. The van der Waals surface area contributed by atoms with E-state index in [1.165, 1.54) is 11.1 Å². The highest BCUT2D eigenvalue weighted by Gasteiger charge is 2.00. The summed E-state index contributed by atoms with van der Waals surface area (Å²) in [5.41, 5.74) is 2.75. The van der Waals surface area contributed by atoms with Crippen molar-refractivity contribution in [3.63, 3.8) is 0 Å². The molecule has 0 aliphatic heterocycles. The van der Waals surface area contributed by atoms with Crippen molar-refractivity contribution < 1.29 is 0 Å². The van der Waals surface area contributed by atoms with E-state index in [-0.39, 0.29) is 0 Å². The number of rotatable bonds is 4. The molecule has 4 heteroatoms. The molecule has 0 amide bonds. The third-order valence-electron chi connectivity index (χ3n) is 2.48. The molecule has 0 fully saturated rings. The van der Waals surface area contributed by atoms with Crippen LogP contribution in [0, 0.1) is 6.92 Å². The summed E-state index contributed by atoms with van der Waals surface area (Å²) in [4.78, 5) is 4.26. The number of aromatic nitrogens is 2. The van der Waals surface area contributed by atoms with Crippen LogP contribution < -0.4 is 5.32 Å². The Balaban J connectivity index is 1.86. The van der Waals surface area contributed by atoms with E-state index in [9.17, 15) is 0 Å². The maximum atomic E-state index is 4.26. The summed E-state index contributed by atoms with van der Waals surface area (Å²) in [5, 5.41) is 7.77. The number of aryl methyl sites for hydroxylation is 2. The first kappa shape index (κ1) is 10.4. The average Bonchev–Trinajstić information content (AvgIpc) is 2.78. The van der Waals surface area contributed by atoms with Crippen molar-refractivity contribution in [1.82, 2.24) is 14.9 Å². The van der Waals surface area contributed by atoms with Gasteiger partial charge in [0.2, 0.25) is 0 Å². The Kier molecular flexibility index (Phi) is 3.18. The summed E-state index contributed by atoms with van der Waals surface area (Å²) in [6.45, 7) is 3.88. The summed E-state index contributed by atoms with van der Waals surface area (Å²) in [5.74, 6) is 1.07. The lowest BCUT2D eigenvalue weighted by Crippen LogP contribution is -2.15. The second-order valence-corrected chi connectivity index (χ2v) is 4.38. The van der Waals surface area contributed by atoms with Crippen LogP contribution >= 0.6 is 11.3 Å². The van der Waals surface area contributed by atoms with Crippen molar-refractivity contribution in [2.24, 2.45) is 7.05 Å². The third-order valence-corrected chi connectivity index (χ3v) is 3.39. The molecule has 0 unspecified atom stereocenters. The van der Waals surface area contributed by atoms with Crippen LogP contribution in [0.1, 0.15) is 17.0 Å². The first-order chi connectivity index (χ1) is 7.27. The molecule has 80 valence electrons. The molecule has 2 rings (SSSR count). The molecule has 0 aliphatic carbocycles. The maximum absolute atomic E-state index is 4.26. The van der Waals surface area contributed by atoms with Gasteiger partial charge in [0.05, 0.1) is 6.54 Å². The molecular weight excluding hydrogens is 206 g/mol. The van der Waals surface area contributed by atoms with Gasteiger partial charge in [0.1, 0.15) is 5.82 Å². The standard InChI is InChI=1S/C11H15N3S/c1-9-7-15-8-10(9)5-12-6-11-13-3-4-14(11)2/h3-4,7-8,12H,5-6H2,1-2H3. The topological polar surface area (TPSA) is 29.9 Å². The molecule has 0 radical (unpaired) electrons. The van der Waals surface area contributed by atoms with Crippen molar-refractivity contribution in [3.05, 3.63) is 40.1 Å². The predicted octanol–water partition coefficient (Wildman–Crippen LogP) is 2.08. The molecular formula is C11H15N3S. The molecule has 0 atom stereocenters. The lowest BCUT2D eigenvalue weighted by atomic mass is 10.2. The average molecular weight is 221 g/mol. The van der Waals surface area contributed by atoms with Crippen LogP contribution in [0.5, 0.6) is 0 Å². The Morgan fingerprint density at radius 3 is 2.87 bits per heavy atom. The van der Waals surface area contributed by atoms with Gasteiger partial charge >= 0.3 is 0 Å². The summed E-state index contributed by atoms with van der Waals surface area (Å²) in [6, 6.07) is 0. The number of nitrogens with one attached hydrogen (secondary N) is 1. The van der Waals surface area contributed by atoms with Gasteiger partial charge in [0.25, 0.3) is 0 Å². The zero-order valence-corrected chi connectivity index (χ0v) is 9.84. The van der Waals surface area contributed by atoms with Gasteiger partial charge in [0, 0.05) is 26.0 Å². The van der Waals surface area contributed by atoms with Gasteiger partial charge in [-0.05, 0) is 28.8 Å². The Morgan fingerprint density at radius 2 is 2.27 bits per heavy atom. The molecule has 2 aromatic heterocycles. The summed E-state index contributed by atoms with van der Waals surface area (Å²) < 4.78 is 2.04. The van der Waals surface area contributed by atoms with Gasteiger partial charge < -0.3 is 9.88 Å². The van der Waals surface area contributed by atoms with Crippen molar-refractivity contribution in [2.75, 3.05) is 0 Å². The number of hydrogen-bond acceptors (Lipinski definition) is 3. The second kappa shape index (κ2) is 4.59. The lowest BCUT2D eigenvalue weighted by Gasteiger charge is -2.04. The monoisotopic (exact) mass is 221 g/mol. The number of hydrogen-bond donors (Lipinski definition) is 1. The van der Waals surface area contributed by atoms with Crippen LogP contribution in [0.15, 0.2) is 23.2 Å². The fourth-order valence-corrected chi connectivity index (χ4v) is 2.30. The molecule has 3 nitrogen and oxygen atoms in total. The summed E-state index contributed by atoms with van der Waals surface area (Å²) >= 11 is 1.76. The largest absolute Gasteiger partial charge is 0.337 e. The van der Waals surface area contributed by atoms with Crippen molar-refractivity contribution in [1.29, 1.82) is 0 Å². The van der Waals surface area contributed by atoms with Crippen molar-refractivity contribution >= 4 is 11.3 Å². The Hall–Kier alpha value is -1.13. The quantitative estimate of drug-likeness (QED) is 0.856. The van der Waals surface area contributed by atoms with Crippen LogP contribution in [-0.2, 0) is 20.1 Å². The number of nitrogens with zero attached hydrogens (tertiary/aromatic N) is 2. The van der Waals surface area contributed by atoms with Gasteiger partial charge in [-0.15, -0.1) is 0 Å². The third kappa shape index (κ3) is 2.46. The van der Waals surface area contributed by atoms with Gasteiger partial charge in [0.15, 0.2) is 0 Å². The summed E-state index contributed by atoms with van der Waals surface area (Å²) in [7, 11) is 2.01. The van der Waals surface area contributed by atoms with E-state index in [0.717, 1.165) is 18.9 Å². The van der Waals surface area contributed by atoms with Gasteiger partial charge in [-0.2, -0.15) is 11.3 Å². The smallest absolute Gasteiger partial charge is 0.122 e. The molecule has 0 aliphatic rings. The SMILES string of the molecule is Cc1cscc1CNCc1nccn1C. The normalized spacial score (nSPS) is 10.8. The van der Waals surface area contributed by atoms with Gasteiger partial charge in [-0.25, -0.2) is 4.98 Å². The zero-order valence-electron chi connectivity index (χ0n) is 9.03. The molecule has 0 saturated heterocycles. The van der Waals surface area contributed by atoms with Crippen molar-refractivity contribution in [3.8, 4) is 0 Å². The molecule has 0 bridgehead atoms. The van der Waals surface area contributed by atoms with Gasteiger partial charge in [-0.1, -0.05) is 0 Å². The van der Waals surface area contributed by atoms with E-state index >= 15 is 0 Å². The first-order valence-electron chi connectivity index (χ1n) is 4.96. The Bertz CT molecular complexity index is 390. The fourth-order valence-electron chi connectivity index (χ4n) is 1.44. The van der Waals surface area contributed by atoms with Crippen LogP contribution in [0.25, 0.3) is 0 Å². The van der Waals surface area contributed by atoms with Crippen LogP contribution in [0.3, 0.4) is 0 Å². The van der Waals surface area contributed by atoms with E-state index in [1.807, 2.05) is 24.0 Å². The van der Waals surface area contributed by atoms with E-state index in [1.54, 1.807) is 11.3 Å².